The average Bonchev–Trinajstić information content (AvgIpc) is 2.30. The van der Waals surface area contributed by atoms with Gasteiger partial charge in [0.2, 0.25) is 0 Å². The van der Waals surface area contributed by atoms with Gasteiger partial charge in [-0.2, -0.15) is 0 Å². The molecule has 0 fully saturated rings. The molecule has 0 N–H and O–H groups in total. The molecule has 0 aromatic heterocycles. The van der Waals surface area contributed by atoms with Gasteiger partial charge in [-0.3, -0.25) is 0 Å². The number of hydrogen-bond acceptors (Lipinski definition) is 0. The standard InChI is InChI=1S/C11H14/c1-3-10(2)11-8-6-4-5-7-9-11/h4-8,10H,3H2,1-2H3/t10-/m1/s1. The van der Waals surface area contributed by atoms with E-state index in [-0.39, 0.29) is 0 Å². The Morgan fingerprint density at radius 3 is 2.91 bits per heavy atom. The van der Waals surface area contributed by atoms with Gasteiger partial charge in [-0.15, -0.1) is 5.73 Å². The smallest absolute Gasteiger partial charge is 0.00322 e. The van der Waals surface area contributed by atoms with E-state index < -0.39 is 0 Å². The predicted octanol–water partition coefficient (Wildman–Crippen LogP) is 3.24. The molecule has 1 aliphatic rings. The van der Waals surface area contributed by atoms with E-state index in [1.807, 2.05) is 18.2 Å². The fourth-order valence-corrected chi connectivity index (χ4v) is 0.998. The van der Waals surface area contributed by atoms with Gasteiger partial charge >= 0.3 is 0 Å². The molecule has 0 spiro atoms. The lowest BCUT2D eigenvalue weighted by Gasteiger charge is -2.05. The van der Waals surface area contributed by atoms with E-state index in [0.717, 1.165) is 0 Å². The Balaban J connectivity index is 2.80. The third-order valence-electron chi connectivity index (χ3n) is 1.99. The van der Waals surface area contributed by atoms with Gasteiger partial charge in [-0.1, -0.05) is 38.2 Å². The fourth-order valence-electron chi connectivity index (χ4n) is 0.998. The molecule has 1 atom stereocenters. The summed E-state index contributed by atoms with van der Waals surface area (Å²) in [6, 6.07) is 0. The lowest BCUT2D eigenvalue weighted by atomic mass is 9.99. The average molecular weight is 146 g/mol. The molecule has 0 heterocycles. The molecule has 0 aliphatic heterocycles. The second-order valence-corrected chi connectivity index (χ2v) is 2.82. The first-order valence-corrected chi connectivity index (χ1v) is 4.14. The van der Waals surface area contributed by atoms with Crippen LogP contribution >= 0.6 is 0 Å². The van der Waals surface area contributed by atoms with Crippen molar-refractivity contribution in [3.8, 4) is 0 Å². The van der Waals surface area contributed by atoms with Crippen molar-refractivity contribution < 1.29 is 0 Å². The van der Waals surface area contributed by atoms with E-state index in [1.165, 1.54) is 12.0 Å². The van der Waals surface area contributed by atoms with Crippen LogP contribution in [0.5, 0.6) is 0 Å². The van der Waals surface area contributed by atoms with Gasteiger partial charge in [0.25, 0.3) is 0 Å². The summed E-state index contributed by atoms with van der Waals surface area (Å²) >= 11 is 0. The number of hydrogen-bond donors (Lipinski definition) is 0. The number of rotatable bonds is 2. The fraction of sp³-hybridized carbons (Fsp3) is 0.364. The molecular weight excluding hydrogens is 132 g/mol. The molecule has 1 aliphatic carbocycles. The van der Waals surface area contributed by atoms with E-state index >= 15 is 0 Å². The number of allylic oxidation sites excluding steroid dienone is 5. The first kappa shape index (κ1) is 8.10. The van der Waals surface area contributed by atoms with E-state index in [9.17, 15) is 0 Å². The van der Waals surface area contributed by atoms with E-state index in [0.29, 0.717) is 5.92 Å². The van der Waals surface area contributed by atoms with Crippen molar-refractivity contribution in [3.63, 3.8) is 0 Å². The molecule has 11 heavy (non-hydrogen) atoms. The zero-order valence-corrected chi connectivity index (χ0v) is 7.17. The van der Waals surface area contributed by atoms with E-state index in [2.05, 4.69) is 31.7 Å². The van der Waals surface area contributed by atoms with Crippen molar-refractivity contribution in [1.29, 1.82) is 0 Å². The van der Waals surface area contributed by atoms with Crippen molar-refractivity contribution in [2.24, 2.45) is 5.92 Å². The summed E-state index contributed by atoms with van der Waals surface area (Å²) in [5.41, 5.74) is 4.55. The Kier molecular flexibility index (Phi) is 2.95. The Morgan fingerprint density at radius 2 is 2.18 bits per heavy atom. The summed E-state index contributed by atoms with van der Waals surface area (Å²) in [6.45, 7) is 4.43. The summed E-state index contributed by atoms with van der Waals surface area (Å²) in [4.78, 5) is 0. The van der Waals surface area contributed by atoms with Gasteiger partial charge in [0.1, 0.15) is 0 Å². The molecule has 0 heteroatoms. The Morgan fingerprint density at radius 1 is 1.36 bits per heavy atom. The maximum Gasteiger partial charge on any atom is -0.00322 e. The molecule has 0 aromatic rings. The molecule has 0 nitrogen and oxygen atoms in total. The van der Waals surface area contributed by atoms with Crippen molar-refractivity contribution in [3.05, 3.63) is 41.7 Å². The van der Waals surface area contributed by atoms with Gasteiger partial charge in [0, 0.05) is 0 Å². The normalized spacial score (nSPS) is 17.8. The zero-order valence-electron chi connectivity index (χ0n) is 7.17. The van der Waals surface area contributed by atoms with Crippen molar-refractivity contribution in [2.75, 3.05) is 0 Å². The third kappa shape index (κ3) is 2.25. The third-order valence-corrected chi connectivity index (χ3v) is 1.99. The van der Waals surface area contributed by atoms with Crippen LogP contribution in [0.4, 0.5) is 0 Å². The summed E-state index contributed by atoms with van der Waals surface area (Å²) in [7, 11) is 0. The van der Waals surface area contributed by atoms with E-state index in [4.69, 9.17) is 0 Å². The molecule has 58 valence electrons. The highest BCUT2D eigenvalue weighted by molar-refractivity contribution is 5.29. The van der Waals surface area contributed by atoms with Crippen molar-refractivity contribution in [1.82, 2.24) is 0 Å². The van der Waals surface area contributed by atoms with Crippen LogP contribution in [0.3, 0.4) is 0 Å². The molecule has 0 aromatic carbocycles. The van der Waals surface area contributed by atoms with Gasteiger partial charge in [0.05, 0.1) is 0 Å². The molecule has 0 saturated heterocycles. The van der Waals surface area contributed by atoms with Crippen LogP contribution in [0.25, 0.3) is 0 Å². The van der Waals surface area contributed by atoms with Gasteiger partial charge in [0.15, 0.2) is 0 Å². The molecule has 0 bridgehead atoms. The van der Waals surface area contributed by atoms with Crippen molar-refractivity contribution in [2.45, 2.75) is 20.3 Å². The van der Waals surface area contributed by atoms with Crippen LogP contribution in [0.2, 0.25) is 0 Å². The molecule has 0 unspecified atom stereocenters. The van der Waals surface area contributed by atoms with Gasteiger partial charge in [-0.05, 0) is 24.0 Å². The Hall–Kier alpha value is -1.00. The summed E-state index contributed by atoms with van der Waals surface area (Å²) in [6.07, 6.45) is 11.4. The zero-order chi connectivity index (χ0) is 8.10. The lowest BCUT2D eigenvalue weighted by molar-refractivity contribution is 0.672. The summed E-state index contributed by atoms with van der Waals surface area (Å²) in [5, 5.41) is 0. The van der Waals surface area contributed by atoms with E-state index in [1.54, 1.807) is 0 Å². The van der Waals surface area contributed by atoms with Gasteiger partial charge < -0.3 is 0 Å². The highest BCUT2D eigenvalue weighted by Gasteiger charge is 2.01. The summed E-state index contributed by atoms with van der Waals surface area (Å²) in [5.74, 6) is 0.627. The first-order valence-electron chi connectivity index (χ1n) is 4.14. The molecule has 1 rings (SSSR count). The van der Waals surface area contributed by atoms with Crippen LogP contribution in [-0.2, 0) is 0 Å². The van der Waals surface area contributed by atoms with Crippen LogP contribution in [0, 0.1) is 5.92 Å². The van der Waals surface area contributed by atoms with Crippen LogP contribution in [0.1, 0.15) is 20.3 Å². The second kappa shape index (κ2) is 4.00. The molecular formula is C11H14. The second-order valence-electron chi connectivity index (χ2n) is 2.82. The highest BCUT2D eigenvalue weighted by atomic mass is 14.0. The maximum atomic E-state index is 3.25. The largest absolute Gasteiger partial charge is 0.117 e. The van der Waals surface area contributed by atoms with Crippen LogP contribution < -0.4 is 0 Å². The topological polar surface area (TPSA) is 0 Å². The van der Waals surface area contributed by atoms with Crippen LogP contribution in [-0.4, -0.2) is 0 Å². The lowest BCUT2D eigenvalue weighted by Crippen LogP contribution is -1.92. The molecule has 0 saturated carbocycles. The predicted molar refractivity (Wildman–Crippen MR) is 49.3 cm³/mol. The minimum absolute atomic E-state index is 0.627. The monoisotopic (exact) mass is 146 g/mol. The minimum atomic E-state index is 0.627. The summed E-state index contributed by atoms with van der Waals surface area (Å²) < 4.78 is 0. The van der Waals surface area contributed by atoms with Crippen molar-refractivity contribution >= 4 is 0 Å². The Labute approximate surface area is 68.6 Å². The van der Waals surface area contributed by atoms with Crippen LogP contribution in [0.15, 0.2) is 41.7 Å². The highest BCUT2D eigenvalue weighted by Crippen LogP contribution is 2.15. The minimum Gasteiger partial charge on any atom is -0.117 e. The molecule has 0 radical (unpaired) electrons. The Bertz CT molecular complexity index is 235. The maximum absolute atomic E-state index is 3.25. The SMILES string of the molecule is CC[C@@H](C)C1=C=CC=CC=C1. The van der Waals surface area contributed by atoms with Gasteiger partial charge in [-0.25, -0.2) is 0 Å². The molecule has 0 amide bonds. The quantitative estimate of drug-likeness (QED) is 0.525. The first-order chi connectivity index (χ1) is 5.34.